The number of nitrogens with one attached hydrogen (secondary N) is 1. The molecule has 3 rings (SSSR count). The van der Waals surface area contributed by atoms with E-state index >= 15 is 0 Å². The fourth-order valence-corrected chi connectivity index (χ4v) is 3.49. The molecule has 1 N–H and O–H groups in total. The molecule has 1 aliphatic rings. The van der Waals surface area contributed by atoms with E-state index in [9.17, 15) is 0 Å². The summed E-state index contributed by atoms with van der Waals surface area (Å²) < 4.78 is 0.583. The number of benzene rings is 2. The Bertz CT molecular complexity index is 801. The van der Waals surface area contributed by atoms with Gasteiger partial charge in [0.2, 0.25) is 0 Å². The lowest BCUT2D eigenvalue weighted by atomic mass is 10.2. The summed E-state index contributed by atoms with van der Waals surface area (Å²) in [5, 5.41) is 9.57. The first kappa shape index (κ1) is 15.2. The standard InChI is InChI=1S/C16H12ClN3S2/c1-10-5-2-3-8-13(10)19-15-14(18)20(16(21)22-15)12-7-4-6-11(17)9-12/h2-9,18H,1H3. The van der Waals surface area contributed by atoms with Crippen molar-refractivity contribution in [1.29, 1.82) is 5.41 Å². The molecular formula is C16H12ClN3S2. The van der Waals surface area contributed by atoms with Crippen LogP contribution in [0.2, 0.25) is 5.02 Å². The molecule has 110 valence electrons. The van der Waals surface area contributed by atoms with E-state index < -0.39 is 0 Å². The van der Waals surface area contributed by atoms with E-state index in [1.54, 1.807) is 17.0 Å². The summed E-state index contributed by atoms with van der Waals surface area (Å²) in [6.45, 7) is 2.00. The van der Waals surface area contributed by atoms with Gasteiger partial charge in [-0.2, -0.15) is 0 Å². The predicted octanol–water partition coefficient (Wildman–Crippen LogP) is 5.19. The Hall–Kier alpha value is -1.69. The van der Waals surface area contributed by atoms with Crippen LogP contribution in [-0.2, 0) is 0 Å². The van der Waals surface area contributed by atoms with Crippen molar-refractivity contribution in [3.8, 4) is 0 Å². The van der Waals surface area contributed by atoms with Gasteiger partial charge in [0.25, 0.3) is 0 Å². The summed E-state index contributed by atoms with van der Waals surface area (Å²) in [6, 6.07) is 15.1. The molecule has 1 saturated heterocycles. The van der Waals surface area contributed by atoms with Gasteiger partial charge in [0.15, 0.2) is 10.2 Å². The first-order chi connectivity index (χ1) is 10.6. The van der Waals surface area contributed by atoms with E-state index in [2.05, 4.69) is 4.99 Å². The second-order valence-corrected chi connectivity index (χ2v) is 6.79. The first-order valence-corrected chi connectivity index (χ1v) is 8.17. The zero-order chi connectivity index (χ0) is 15.7. The van der Waals surface area contributed by atoms with E-state index in [0.717, 1.165) is 16.9 Å². The van der Waals surface area contributed by atoms with Crippen LogP contribution in [0.25, 0.3) is 0 Å². The highest BCUT2D eigenvalue weighted by atomic mass is 35.5. The van der Waals surface area contributed by atoms with E-state index in [1.165, 1.54) is 11.8 Å². The number of thioether (sulfide) groups is 1. The van der Waals surface area contributed by atoms with Crippen LogP contribution in [0, 0.1) is 12.3 Å². The molecule has 0 spiro atoms. The summed E-state index contributed by atoms with van der Waals surface area (Å²) in [5.41, 5.74) is 2.70. The predicted molar refractivity (Wildman–Crippen MR) is 100 cm³/mol. The third-order valence-electron chi connectivity index (χ3n) is 3.20. The summed E-state index contributed by atoms with van der Waals surface area (Å²) in [7, 11) is 0. The number of halogens is 1. The molecule has 22 heavy (non-hydrogen) atoms. The molecule has 0 saturated carbocycles. The summed E-state index contributed by atoms with van der Waals surface area (Å²) in [5.74, 6) is 0.278. The Morgan fingerprint density at radius 1 is 1.18 bits per heavy atom. The van der Waals surface area contributed by atoms with Gasteiger partial charge in [0.05, 0.1) is 11.4 Å². The van der Waals surface area contributed by atoms with Crippen LogP contribution in [0.15, 0.2) is 53.5 Å². The summed E-state index contributed by atoms with van der Waals surface area (Å²) in [6.07, 6.45) is 0. The quantitative estimate of drug-likeness (QED) is 0.761. The zero-order valence-corrected chi connectivity index (χ0v) is 14.1. The Morgan fingerprint density at radius 2 is 1.95 bits per heavy atom. The van der Waals surface area contributed by atoms with E-state index in [-0.39, 0.29) is 5.84 Å². The van der Waals surface area contributed by atoms with Crippen molar-refractivity contribution in [2.75, 3.05) is 4.90 Å². The molecule has 0 amide bonds. The van der Waals surface area contributed by atoms with E-state index in [1.807, 2.05) is 43.3 Å². The highest BCUT2D eigenvalue weighted by molar-refractivity contribution is 8.35. The van der Waals surface area contributed by atoms with Gasteiger partial charge in [0.1, 0.15) is 5.04 Å². The summed E-state index contributed by atoms with van der Waals surface area (Å²) >= 11 is 12.7. The van der Waals surface area contributed by atoms with Crippen LogP contribution >= 0.6 is 35.6 Å². The Kier molecular flexibility index (Phi) is 4.29. The molecule has 6 heteroatoms. The average Bonchev–Trinajstić information content (AvgIpc) is 2.76. The van der Waals surface area contributed by atoms with Crippen LogP contribution in [0.5, 0.6) is 0 Å². The van der Waals surface area contributed by atoms with Gasteiger partial charge in [-0.05, 0) is 48.5 Å². The minimum Gasteiger partial charge on any atom is -0.282 e. The lowest BCUT2D eigenvalue weighted by Crippen LogP contribution is -2.28. The van der Waals surface area contributed by atoms with Gasteiger partial charge in [-0.3, -0.25) is 10.3 Å². The molecule has 1 fully saturated rings. The molecule has 0 aromatic heterocycles. The van der Waals surface area contributed by atoms with Gasteiger partial charge in [-0.15, -0.1) is 0 Å². The van der Waals surface area contributed by atoms with Gasteiger partial charge >= 0.3 is 0 Å². The van der Waals surface area contributed by atoms with Crippen molar-refractivity contribution in [3.63, 3.8) is 0 Å². The van der Waals surface area contributed by atoms with Crippen LogP contribution in [0.1, 0.15) is 5.56 Å². The lowest BCUT2D eigenvalue weighted by molar-refractivity contribution is 1.38. The monoisotopic (exact) mass is 345 g/mol. The number of hydrogen-bond acceptors (Lipinski definition) is 4. The molecule has 0 radical (unpaired) electrons. The molecule has 3 nitrogen and oxygen atoms in total. The number of aryl methyl sites for hydroxylation is 1. The molecule has 0 bridgehead atoms. The van der Waals surface area contributed by atoms with Crippen molar-refractivity contribution in [2.45, 2.75) is 6.92 Å². The van der Waals surface area contributed by atoms with Gasteiger partial charge < -0.3 is 0 Å². The molecular weight excluding hydrogens is 334 g/mol. The highest BCUT2D eigenvalue weighted by Gasteiger charge is 2.31. The van der Waals surface area contributed by atoms with Gasteiger partial charge in [-0.1, -0.05) is 48.1 Å². The molecule has 0 aliphatic carbocycles. The number of thiocarbonyl (C=S) groups is 1. The molecule has 0 unspecified atom stereocenters. The SMILES string of the molecule is Cc1ccccc1N=C1SC(=S)N(c2cccc(Cl)c2)C1=N. The zero-order valence-electron chi connectivity index (χ0n) is 11.7. The largest absolute Gasteiger partial charge is 0.282 e. The van der Waals surface area contributed by atoms with Crippen LogP contribution in [-0.4, -0.2) is 15.2 Å². The smallest absolute Gasteiger partial charge is 0.164 e. The molecule has 0 atom stereocenters. The minimum absolute atomic E-state index is 0.278. The van der Waals surface area contributed by atoms with E-state index in [0.29, 0.717) is 14.4 Å². The molecule has 1 heterocycles. The first-order valence-electron chi connectivity index (χ1n) is 6.57. The normalized spacial score (nSPS) is 16.6. The van der Waals surface area contributed by atoms with Gasteiger partial charge in [0, 0.05) is 5.02 Å². The maximum Gasteiger partial charge on any atom is 0.164 e. The number of para-hydroxylation sites is 1. The topological polar surface area (TPSA) is 39.5 Å². The van der Waals surface area contributed by atoms with Crippen LogP contribution in [0.3, 0.4) is 0 Å². The van der Waals surface area contributed by atoms with Gasteiger partial charge in [-0.25, -0.2) is 4.99 Å². The van der Waals surface area contributed by atoms with Crippen molar-refractivity contribution in [2.24, 2.45) is 4.99 Å². The Labute approximate surface area is 143 Å². The average molecular weight is 346 g/mol. The van der Waals surface area contributed by atoms with Crippen LogP contribution in [0.4, 0.5) is 11.4 Å². The second kappa shape index (κ2) is 6.20. The van der Waals surface area contributed by atoms with E-state index in [4.69, 9.17) is 29.2 Å². The van der Waals surface area contributed by atoms with Crippen molar-refractivity contribution >= 4 is 62.2 Å². The van der Waals surface area contributed by atoms with Crippen molar-refractivity contribution in [3.05, 3.63) is 59.1 Å². The molecule has 1 aliphatic heterocycles. The number of amidine groups is 1. The maximum absolute atomic E-state index is 8.37. The third-order valence-corrected chi connectivity index (χ3v) is 4.70. The lowest BCUT2D eigenvalue weighted by Gasteiger charge is -2.16. The molecule has 2 aromatic rings. The molecule has 2 aromatic carbocycles. The number of nitrogens with zero attached hydrogens (tertiary/aromatic N) is 2. The highest BCUT2D eigenvalue weighted by Crippen LogP contribution is 2.32. The number of aliphatic imine (C=N–C) groups is 1. The number of anilines is 1. The van der Waals surface area contributed by atoms with Crippen LogP contribution < -0.4 is 4.90 Å². The third kappa shape index (κ3) is 2.92. The Morgan fingerprint density at radius 3 is 2.68 bits per heavy atom. The van der Waals surface area contributed by atoms with Crippen molar-refractivity contribution in [1.82, 2.24) is 0 Å². The number of hydrogen-bond donors (Lipinski definition) is 1. The minimum atomic E-state index is 0.278. The maximum atomic E-state index is 8.37. The fraction of sp³-hybridized carbons (Fsp3) is 0.0625. The summed E-state index contributed by atoms with van der Waals surface area (Å²) in [4.78, 5) is 6.26. The van der Waals surface area contributed by atoms with Crippen molar-refractivity contribution < 1.29 is 0 Å². The Balaban J connectivity index is 1.97. The fourth-order valence-electron chi connectivity index (χ4n) is 2.09. The number of rotatable bonds is 2. The second-order valence-electron chi connectivity index (χ2n) is 4.74.